The molecule has 6 heteroatoms. The van der Waals surface area contributed by atoms with Crippen LogP contribution in [-0.4, -0.2) is 35.4 Å². The number of carbonyl (C=O) groups excluding carboxylic acids is 2. The molecule has 0 aliphatic carbocycles. The lowest BCUT2D eigenvalue weighted by atomic mass is 10.1. The summed E-state index contributed by atoms with van der Waals surface area (Å²) >= 11 is 0. The number of hydrogen-bond donors (Lipinski definition) is 1. The Morgan fingerprint density at radius 2 is 1.77 bits per heavy atom. The maximum absolute atomic E-state index is 13.3. The number of aryl methyl sites for hydroxylation is 2. The van der Waals surface area contributed by atoms with Crippen LogP contribution >= 0.6 is 0 Å². The number of carbonyl (C=O) groups is 2. The van der Waals surface area contributed by atoms with E-state index in [9.17, 15) is 14.0 Å². The molecule has 2 rings (SSSR count). The Hall–Kier alpha value is -2.89. The molecule has 162 valence electrons. The summed E-state index contributed by atoms with van der Waals surface area (Å²) in [6, 6.07) is 11.0. The van der Waals surface area contributed by atoms with Crippen LogP contribution in [0.5, 0.6) is 5.75 Å². The van der Waals surface area contributed by atoms with Crippen LogP contribution < -0.4 is 10.1 Å². The van der Waals surface area contributed by atoms with Crippen LogP contribution in [0.15, 0.2) is 42.5 Å². The van der Waals surface area contributed by atoms with E-state index in [1.54, 1.807) is 19.1 Å². The summed E-state index contributed by atoms with van der Waals surface area (Å²) in [5, 5.41) is 2.92. The van der Waals surface area contributed by atoms with Crippen molar-refractivity contribution in [1.82, 2.24) is 10.2 Å². The summed E-state index contributed by atoms with van der Waals surface area (Å²) in [6.45, 7) is 9.46. The molecule has 0 fully saturated rings. The molecule has 30 heavy (non-hydrogen) atoms. The molecule has 0 bridgehead atoms. The second kappa shape index (κ2) is 10.8. The zero-order chi connectivity index (χ0) is 22.3. The van der Waals surface area contributed by atoms with Gasteiger partial charge in [0.1, 0.15) is 17.6 Å². The van der Waals surface area contributed by atoms with Gasteiger partial charge < -0.3 is 15.0 Å². The number of rotatable bonds is 9. The Bertz CT molecular complexity index is 867. The number of hydrogen-bond acceptors (Lipinski definition) is 3. The van der Waals surface area contributed by atoms with Crippen molar-refractivity contribution >= 4 is 11.8 Å². The van der Waals surface area contributed by atoms with Crippen LogP contribution in [0.4, 0.5) is 4.39 Å². The maximum atomic E-state index is 13.3. The van der Waals surface area contributed by atoms with E-state index in [4.69, 9.17) is 4.74 Å². The van der Waals surface area contributed by atoms with Gasteiger partial charge in [0.15, 0.2) is 6.61 Å². The summed E-state index contributed by atoms with van der Waals surface area (Å²) in [5.74, 6) is -0.252. The molecular formula is C24H31FN2O3. The van der Waals surface area contributed by atoms with Crippen molar-refractivity contribution in [2.24, 2.45) is 0 Å². The highest BCUT2D eigenvalue weighted by Gasteiger charge is 2.27. The first kappa shape index (κ1) is 23.4. The number of halogens is 1. The molecule has 2 atom stereocenters. The summed E-state index contributed by atoms with van der Waals surface area (Å²) in [5.41, 5.74) is 2.70. The molecule has 0 heterocycles. The molecule has 0 unspecified atom stereocenters. The lowest BCUT2D eigenvalue weighted by Gasteiger charge is -2.29. The van der Waals surface area contributed by atoms with Crippen molar-refractivity contribution in [2.45, 2.75) is 59.7 Å². The summed E-state index contributed by atoms with van der Waals surface area (Å²) in [7, 11) is 0. The largest absolute Gasteiger partial charge is 0.483 e. The number of ether oxygens (including phenoxy) is 1. The summed E-state index contributed by atoms with van der Waals surface area (Å²) < 4.78 is 19.0. The van der Waals surface area contributed by atoms with Gasteiger partial charge in [0, 0.05) is 12.6 Å². The number of nitrogens with zero attached hydrogens (tertiary/aromatic N) is 1. The van der Waals surface area contributed by atoms with Crippen molar-refractivity contribution < 1.29 is 18.7 Å². The van der Waals surface area contributed by atoms with Crippen molar-refractivity contribution in [3.63, 3.8) is 0 Å². The van der Waals surface area contributed by atoms with Crippen molar-refractivity contribution in [3.8, 4) is 5.75 Å². The number of amides is 2. The van der Waals surface area contributed by atoms with E-state index in [-0.39, 0.29) is 36.8 Å². The Labute approximate surface area is 178 Å². The van der Waals surface area contributed by atoms with E-state index in [1.807, 2.05) is 45.9 Å². The highest BCUT2D eigenvalue weighted by molar-refractivity contribution is 5.88. The van der Waals surface area contributed by atoms with Gasteiger partial charge in [0.2, 0.25) is 5.91 Å². The lowest BCUT2D eigenvalue weighted by molar-refractivity contribution is -0.142. The third kappa shape index (κ3) is 6.58. The van der Waals surface area contributed by atoms with Crippen molar-refractivity contribution in [3.05, 3.63) is 65.0 Å². The fourth-order valence-corrected chi connectivity index (χ4v) is 2.92. The molecule has 0 saturated carbocycles. The van der Waals surface area contributed by atoms with Crippen LogP contribution in [0.3, 0.4) is 0 Å². The summed E-state index contributed by atoms with van der Waals surface area (Å²) in [4.78, 5) is 27.2. The minimum absolute atomic E-state index is 0.00826. The van der Waals surface area contributed by atoms with E-state index >= 15 is 0 Å². The molecule has 0 saturated heterocycles. The van der Waals surface area contributed by atoms with Gasteiger partial charge in [-0.25, -0.2) is 4.39 Å². The van der Waals surface area contributed by atoms with Gasteiger partial charge in [-0.1, -0.05) is 31.2 Å². The van der Waals surface area contributed by atoms with Gasteiger partial charge in [0.25, 0.3) is 5.91 Å². The van der Waals surface area contributed by atoms with Crippen LogP contribution in [0.1, 0.15) is 43.9 Å². The fraction of sp³-hybridized carbons (Fsp3) is 0.417. The third-order valence-electron chi connectivity index (χ3n) is 5.13. The SMILES string of the molecule is CC[C@@H](C)NC(=O)[C@H](C)N(Cc1ccc(F)cc1)C(=O)COc1cc(C)ccc1C. The highest BCUT2D eigenvalue weighted by Crippen LogP contribution is 2.19. The molecular weight excluding hydrogens is 383 g/mol. The highest BCUT2D eigenvalue weighted by atomic mass is 19.1. The van der Waals surface area contributed by atoms with E-state index in [1.165, 1.54) is 17.0 Å². The number of benzene rings is 2. The Kier molecular flexibility index (Phi) is 8.39. The van der Waals surface area contributed by atoms with Crippen molar-refractivity contribution in [1.29, 1.82) is 0 Å². The van der Waals surface area contributed by atoms with Gasteiger partial charge in [-0.2, -0.15) is 0 Å². The van der Waals surface area contributed by atoms with Gasteiger partial charge in [-0.05, 0) is 69.0 Å². The molecule has 0 spiro atoms. The van der Waals surface area contributed by atoms with E-state index < -0.39 is 6.04 Å². The molecule has 2 amide bonds. The number of nitrogens with one attached hydrogen (secondary N) is 1. The zero-order valence-corrected chi connectivity index (χ0v) is 18.4. The molecule has 0 radical (unpaired) electrons. The standard InChI is InChI=1S/C24H31FN2O3/c1-6-18(4)26-24(29)19(5)27(14-20-9-11-21(25)12-10-20)23(28)15-30-22-13-16(2)7-8-17(22)3/h7-13,18-19H,6,14-15H2,1-5H3,(H,26,29)/t18-,19+/m1/s1. The third-order valence-corrected chi connectivity index (χ3v) is 5.13. The van der Waals surface area contributed by atoms with Crippen LogP contribution in [0.2, 0.25) is 0 Å². The van der Waals surface area contributed by atoms with Gasteiger partial charge in [-0.3, -0.25) is 9.59 Å². The Morgan fingerprint density at radius 1 is 1.10 bits per heavy atom. The predicted molar refractivity (Wildman–Crippen MR) is 116 cm³/mol. The van der Waals surface area contributed by atoms with Crippen LogP contribution in [0.25, 0.3) is 0 Å². The first-order chi connectivity index (χ1) is 14.2. The second-order valence-corrected chi connectivity index (χ2v) is 7.70. The minimum atomic E-state index is -0.696. The van der Waals surface area contributed by atoms with E-state index in [0.717, 1.165) is 23.1 Å². The summed E-state index contributed by atoms with van der Waals surface area (Å²) in [6.07, 6.45) is 0.792. The minimum Gasteiger partial charge on any atom is -0.483 e. The molecule has 5 nitrogen and oxygen atoms in total. The normalized spacial score (nSPS) is 12.7. The maximum Gasteiger partial charge on any atom is 0.261 e. The molecule has 1 N–H and O–H groups in total. The van der Waals surface area contributed by atoms with Gasteiger partial charge in [0.05, 0.1) is 0 Å². The molecule has 2 aromatic rings. The van der Waals surface area contributed by atoms with E-state index in [0.29, 0.717) is 5.75 Å². The topological polar surface area (TPSA) is 58.6 Å². The molecule has 0 aliphatic heterocycles. The molecule has 2 aromatic carbocycles. The van der Waals surface area contributed by atoms with Crippen LogP contribution in [-0.2, 0) is 16.1 Å². The molecule has 0 aromatic heterocycles. The van der Waals surface area contributed by atoms with Crippen LogP contribution in [0, 0.1) is 19.7 Å². The average molecular weight is 415 g/mol. The van der Waals surface area contributed by atoms with Crippen molar-refractivity contribution in [2.75, 3.05) is 6.61 Å². The van der Waals surface area contributed by atoms with Gasteiger partial charge in [-0.15, -0.1) is 0 Å². The molecule has 0 aliphatic rings. The fourth-order valence-electron chi connectivity index (χ4n) is 2.92. The smallest absolute Gasteiger partial charge is 0.261 e. The first-order valence-electron chi connectivity index (χ1n) is 10.3. The first-order valence-corrected chi connectivity index (χ1v) is 10.3. The van der Waals surface area contributed by atoms with E-state index in [2.05, 4.69) is 5.32 Å². The average Bonchev–Trinajstić information content (AvgIpc) is 2.73. The second-order valence-electron chi connectivity index (χ2n) is 7.70. The quantitative estimate of drug-likeness (QED) is 0.671. The lowest BCUT2D eigenvalue weighted by Crippen LogP contribution is -2.50. The van der Waals surface area contributed by atoms with Gasteiger partial charge >= 0.3 is 0 Å². The Morgan fingerprint density at radius 3 is 2.40 bits per heavy atom. The predicted octanol–water partition coefficient (Wildman–Crippen LogP) is 4.15. The Balaban J connectivity index is 2.17. The zero-order valence-electron chi connectivity index (χ0n) is 18.4. The monoisotopic (exact) mass is 414 g/mol.